The molecule has 9 heteroatoms. The number of aromatic nitrogens is 2. The normalized spacial score (nSPS) is 16.3. The highest BCUT2D eigenvalue weighted by Gasteiger charge is 2.28. The number of amides is 1. The summed E-state index contributed by atoms with van der Waals surface area (Å²) in [6.07, 6.45) is 5.34. The summed E-state index contributed by atoms with van der Waals surface area (Å²) in [5, 5.41) is 7.00. The Labute approximate surface area is 150 Å². The van der Waals surface area contributed by atoms with Crippen molar-refractivity contribution in [3.8, 4) is 0 Å². The molecule has 0 bridgehead atoms. The zero-order valence-electron chi connectivity index (χ0n) is 14.1. The second kappa shape index (κ2) is 7.36. The molecule has 2 aromatic rings. The minimum Gasteiger partial charge on any atom is -0.412 e. The number of nitrogens with zero attached hydrogens (tertiary/aromatic N) is 3. The third kappa shape index (κ3) is 4.34. The van der Waals surface area contributed by atoms with Gasteiger partial charge >= 0.3 is 5.22 Å². The van der Waals surface area contributed by atoms with Gasteiger partial charge in [-0.2, -0.15) is 0 Å². The van der Waals surface area contributed by atoms with E-state index in [9.17, 15) is 17.6 Å². The second-order valence-electron chi connectivity index (χ2n) is 6.16. The van der Waals surface area contributed by atoms with Crippen LogP contribution < -0.4 is 0 Å². The van der Waals surface area contributed by atoms with Crippen molar-refractivity contribution in [3.05, 3.63) is 47.6 Å². The summed E-state index contributed by atoms with van der Waals surface area (Å²) < 4.78 is 40.9. The Bertz CT molecular complexity index is 914. The summed E-state index contributed by atoms with van der Waals surface area (Å²) in [6, 6.07) is 5.87. The molecule has 0 saturated carbocycles. The molecule has 138 valence electrons. The Morgan fingerprint density at radius 1 is 1.23 bits per heavy atom. The van der Waals surface area contributed by atoms with Gasteiger partial charge < -0.3 is 9.32 Å². The Hall–Kier alpha value is -2.55. The van der Waals surface area contributed by atoms with Crippen molar-refractivity contribution in [2.45, 2.75) is 24.0 Å². The maximum absolute atomic E-state index is 12.9. The summed E-state index contributed by atoms with van der Waals surface area (Å²) in [5.74, 6) is -0.228. The van der Waals surface area contributed by atoms with Crippen LogP contribution in [0.15, 0.2) is 40.0 Å². The van der Waals surface area contributed by atoms with E-state index >= 15 is 0 Å². The average molecular weight is 379 g/mol. The van der Waals surface area contributed by atoms with Crippen molar-refractivity contribution in [1.29, 1.82) is 0 Å². The van der Waals surface area contributed by atoms with Crippen LogP contribution >= 0.6 is 0 Å². The van der Waals surface area contributed by atoms with E-state index in [1.54, 1.807) is 23.1 Å². The van der Waals surface area contributed by atoms with Crippen molar-refractivity contribution in [3.63, 3.8) is 0 Å². The molecule has 0 radical (unpaired) electrons. The quantitative estimate of drug-likeness (QED) is 0.755. The lowest BCUT2D eigenvalue weighted by Crippen LogP contribution is -2.36. The van der Waals surface area contributed by atoms with E-state index in [1.165, 1.54) is 18.2 Å². The Morgan fingerprint density at radius 2 is 1.88 bits per heavy atom. The van der Waals surface area contributed by atoms with Crippen LogP contribution in [0.1, 0.15) is 30.2 Å². The van der Waals surface area contributed by atoms with Gasteiger partial charge in [0.25, 0.3) is 0 Å². The first-order chi connectivity index (χ1) is 12.3. The minimum atomic E-state index is -3.52. The minimum absolute atomic E-state index is 0.0665. The molecule has 1 fully saturated rings. The van der Waals surface area contributed by atoms with E-state index in [-0.39, 0.29) is 22.9 Å². The van der Waals surface area contributed by atoms with Gasteiger partial charge in [-0.15, -0.1) is 5.10 Å². The number of sulfone groups is 1. The monoisotopic (exact) mass is 379 g/mol. The molecule has 1 amide bonds. The molecule has 0 atom stereocenters. The summed E-state index contributed by atoms with van der Waals surface area (Å²) in [4.78, 5) is 14.0. The fourth-order valence-electron chi connectivity index (χ4n) is 2.73. The lowest BCUT2D eigenvalue weighted by atomic mass is 9.97. The van der Waals surface area contributed by atoms with E-state index in [0.29, 0.717) is 31.8 Å². The van der Waals surface area contributed by atoms with Gasteiger partial charge in [-0.3, -0.25) is 4.79 Å². The molecule has 2 heterocycles. The highest BCUT2D eigenvalue weighted by Crippen LogP contribution is 2.28. The van der Waals surface area contributed by atoms with E-state index < -0.39 is 9.84 Å². The van der Waals surface area contributed by atoms with Gasteiger partial charge in [-0.05, 0) is 36.6 Å². The first kappa shape index (κ1) is 18.2. The smallest absolute Gasteiger partial charge is 0.335 e. The molecular formula is C17H18FN3O4S. The molecule has 26 heavy (non-hydrogen) atoms. The van der Waals surface area contributed by atoms with Gasteiger partial charge in [0.05, 0.1) is 0 Å². The first-order valence-corrected chi connectivity index (χ1v) is 9.98. The Balaban J connectivity index is 1.57. The number of carbonyl (C=O) groups is 1. The van der Waals surface area contributed by atoms with Crippen LogP contribution in [0.25, 0.3) is 6.08 Å². The number of hydrogen-bond acceptors (Lipinski definition) is 6. The summed E-state index contributed by atoms with van der Waals surface area (Å²) in [5.41, 5.74) is 0.744. The lowest BCUT2D eigenvalue weighted by Gasteiger charge is -2.29. The second-order valence-corrected chi connectivity index (χ2v) is 8.06. The predicted molar refractivity (Wildman–Crippen MR) is 91.4 cm³/mol. The van der Waals surface area contributed by atoms with Crippen molar-refractivity contribution in [1.82, 2.24) is 15.1 Å². The molecule has 1 aliphatic heterocycles. The summed E-state index contributed by atoms with van der Waals surface area (Å²) in [7, 11) is -3.52. The number of hydrogen-bond donors (Lipinski definition) is 0. The highest BCUT2D eigenvalue weighted by molar-refractivity contribution is 7.90. The average Bonchev–Trinajstić information content (AvgIpc) is 3.12. The molecule has 0 unspecified atom stereocenters. The topological polar surface area (TPSA) is 93.4 Å². The zero-order valence-corrected chi connectivity index (χ0v) is 14.9. The van der Waals surface area contributed by atoms with E-state index in [0.717, 1.165) is 11.8 Å². The molecule has 1 aliphatic rings. The van der Waals surface area contributed by atoms with Gasteiger partial charge in [-0.25, -0.2) is 12.8 Å². The molecule has 1 aromatic carbocycles. The van der Waals surface area contributed by atoms with Gasteiger partial charge in [0.15, 0.2) is 0 Å². The Morgan fingerprint density at radius 3 is 2.46 bits per heavy atom. The highest BCUT2D eigenvalue weighted by atomic mass is 32.2. The van der Waals surface area contributed by atoms with Crippen LogP contribution in [0.2, 0.25) is 0 Å². The molecule has 7 nitrogen and oxygen atoms in total. The van der Waals surface area contributed by atoms with Crippen LogP contribution in [0.5, 0.6) is 0 Å². The lowest BCUT2D eigenvalue weighted by molar-refractivity contribution is -0.127. The molecule has 1 aromatic heterocycles. The summed E-state index contributed by atoms with van der Waals surface area (Å²) >= 11 is 0. The molecule has 0 spiro atoms. The predicted octanol–water partition coefficient (Wildman–Crippen LogP) is 2.03. The van der Waals surface area contributed by atoms with Crippen LogP contribution in [0, 0.1) is 5.82 Å². The van der Waals surface area contributed by atoms with E-state index in [1.807, 2.05) is 0 Å². The molecule has 0 N–H and O–H groups in total. The summed E-state index contributed by atoms with van der Waals surface area (Å²) in [6.45, 7) is 1.02. The van der Waals surface area contributed by atoms with Gasteiger partial charge in [0.2, 0.25) is 21.6 Å². The number of benzene rings is 1. The van der Waals surface area contributed by atoms with E-state index in [2.05, 4.69) is 10.2 Å². The van der Waals surface area contributed by atoms with E-state index in [4.69, 9.17) is 4.42 Å². The maximum atomic E-state index is 12.9. The fraction of sp³-hybridized carbons (Fsp3) is 0.353. The van der Waals surface area contributed by atoms with Crippen LogP contribution in [0.3, 0.4) is 0 Å². The number of piperidine rings is 1. The number of halogens is 1. The number of likely N-dealkylation sites (tertiary alicyclic amines) is 1. The van der Waals surface area contributed by atoms with Crippen LogP contribution in [-0.2, 0) is 14.6 Å². The molecule has 0 aliphatic carbocycles. The molecule has 3 rings (SSSR count). The maximum Gasteiger partial charge on any atom is 0.335 e. The van der Waals surface area contributed by atoms with Crippen molar-refractivity contribution >= 4 is 21.8 Å². The van der Waals surface area contributed by atoms with Crippen LogP contribution in [-0.4, -0.2) is 48.8 Å². The third-order valence-corrected chi connectivity index (χ3v) is 4.98. The Kier molecular flexibility index (Phi) is 5.17. The van der Waals surface area contributed by atoms with Gasteiger partial charge in [0, 0.05) is 31.3 Å². The zero-order chi connectivity index (χ0) is 18.7. The first-order valence-electron chi connectivity index (χ1n) is 8.09. The van der Waals surface area contributed by atoms with Gasteiger partial charge in [-0.1, -0.05) is 17.2 Å². The van der Waals surface area contributed by atoms with Crippen molar-refractivity contribution in [2.75, 3.05) is 19.3 Å². The molecular weight excluding hydrogens is 361 g/mol. The van der Waals surface area contributed by atoms with Crippen LogP contribution in [0.4, 0.5) is 4.39 Å². The largest absolute Gasteiger partial charge is 0.412 e. The van der Waals surface area contributed by atoms with Crippen molar-refractivity contribution in [2.24, 2.45) is 0 Å². The standard InChI is InChI=1S/C17H18FN3O4S/c1-26(23,24)17-20-19-16(25-17)13-8-10-21(11-9-13)15(22)7-4-12-2-5-14(18)6-3-12/h2-7,13H,8-11H2,1H3/b7-4+. The molecule has 1 saturated heterocycles. The third-order valence-electron chi connectivity index (χ3n) is 4.18. The number of carbonyl (C=O) groups excluding carboxylic acids is 1. The number of rotatable bonds is 4. The fourth-order valence-corrected chi connectivity index (χ4v) is 3.15. The van der Waals surface area contributed by atoms with Crippen molar-refractivity contribution < 1.29 is 22.0 Å². The SMILES string of the molecule is CS(=O)(=O)c1nnc(C2CCN(C(=O)/C=C/c3ccc(F)cc3)CC2)o1. The van der Waals surface area contributed by atoms with Gasteiger partial charge in [0.1, 0.15) is 5.82 Å².